The van der Waals surface area contributed by atoms with Crippen LogP contribution in [-0.4, -0.2) is 55.1 Å². The topological polar surface area (TPSA) is 66.0 Å². The van der Waals surface area contributed by atoms with Crippen molar-refractivity contribution in [3.63, 3.8) is 0 Å². The van der Waals surface area contributed by atoms with Crippen molar-refractivity contribution in [1.29, 1.82) is 0 Å². The van der Waals surface area contributed by atoms with Gasteiger partial charge in [-0.15, -0.1) is 24.0 Å². The Morgan fingerprint density at radius 1 is 1.39 bits per heavy atom. The molecule has 0 saturated carbocycles. The molecule has 0 aliphatic carbocycles. The lowest BCUT2D eigenvalue weighted by molar-refractivity contribution is -0.133. The molecule has 1 saturated heterocycles. The zero-order chi connectivity index (χ0) is 19.8. The molecule has 2 N–H and O–H groups in total. The summed E-state index contributed by atoms with van der Waals surface area (Å²) in [6, 6.07) is 6.28. The van der Waals surface area contributed by atoms with Crippen LogP contribution in [0.25, 0.3) is 0 Å². The Bertz CT molecular complexity index is 657. The summed E-state index contributed by atoms with van der Waals surface area (Å²) in [6.07, 6.45) is 0.711. The Balaban J connectivity index is 0.00000392. The average molecular weight is 506 g/mol. The van der Waals surface area contributed by atoms with Gasteiger partial charge in [0.2, 0.25) is 5.91 Å². The van der Waals surface area contributed by atoms with Gasteiger partial charge in [-0.1, -0.05) is 19.9 Å². The van der Waals surface area contributed by atoms with Crippen molar-refractivity contribution in [3.05, 3.63) is 30.1 Å². The first-order valence-corrected chi connectivity index (χ1v) is 9.65. The fourth-order valence-corrected chi connectivity index (χ4v) is 2.99. The number of halogens is 2. The number of carbonyl (C=O) groups is 1. The quantitative estimate of drug-likeness (QED) is 0.339. The van der Waals surface area contributed by atoms with E-state index < -0.39 is 0 Å². The standard InChI is InChI=1S/C20H31FN4O2.HI/c1-5-22-20(24-17-9-10-25(13-17)19(26)14(2)3)23-12-15(4)27-18-8-6-7-16(21)11-18;/h6-8,11,14-15,17H,5,9-10,12-13H2,1-4H3,(H2,22,23,24);1H. The van der Waals surface area contributed by atoms with Gasteiger partial charge in [0.05, 0.1) is 6.54 Å². The van der Waals surface area contributed by atoms with Crippen molar-refractivity contribution in [2.24, 2.45) is 10.9 Å². The number of carbonyl (C=O) groups excluding carboxylic acids is 1. The number of hydrogen-bond donors (Lipinski definition) is 2. The molecule has 2 rings (SSSR count). The van der Waals surface area contributed by atoms with Gasteiger partial charge in [0.25, 0.3) is 0 Å². The number of hydrogen-bond acceptors (Lipinski definition) is 3. The summed E-state index contributed by atoms with van der Waals surface area (Å²) in [4.78, 5) is 18.6. The third-order valence-electron chi connectivity index (χ3n) is 4.32. The van der Waals surface area contributed by atoms with Crippen molar-refractivity contribution in [3.8, 4) is 5.75 Å². The summed E-state index contributed by atoms with van der Waals surface area (Å²) in [6.45, 7) is 10.4. The molecule has 158 valence electrons. The van der Waals surface area contributed by atoms with Gasteiger partial charge in [-0.25, -0.2) is 9.38 Å². The van der Waals surface area contributed by atoms with Gasteiger partial charge in [-0.2, -0.15) is 0 Å². The van der Waals surface area contributed by atoms with Crippen LogP contribution in [0, 0.1) is 11.7 Å². The number of guanidine groups is 1. The maximum atomic E-state index is 13.2. The molecule has 1 aromatic rings. The lowest BCUT2D eigenvalue weighted by Crippen LogP contribution is -2.45. The largest absolute Gasteiger partial charge is 0.489 e. The van der Waals surface area contributed by atoms with Crippen molar-refractivity contribution >= 4 is 35.8 Å². The fraction of sp³-hybridized carbons (Fsp3) is 0.600. The molecule has 0 aromatic heterocycles. The van der Waals surface area contributed by atoms with E-state index in [1.165, 1.54) is 12.1 Å². The Labute approximate surface area is 184 Å². The van der Waals surface area contributed by atoms with E-state index in [2.05, 4.69) is 15.6 Å². The van der Waals surface area contributed by atoms with Crippen LogP contribution in [0.2, 0.25) is 0 Å². The first-order valence-electron chi connectivity index (χ1n) is 9.65. The van der Waals surface area contributed by atoms with Crippen LogP contribution in [0.5, 0.6) is 5.75 Å². The third-order valence-corrected chi connectivity index (χ3v) is 4.32. The number of ether oxygens (including phenoxy) is 1. The summed E-state index contributed by atoms with van der Waals surface area (Å²) < 4.78 is 19.0. The van der Waals surface area contributed by atoms with Crippen LogP contribution in [-0.2, 0) is 4.79 Å². The second-order valence-electron chi connectivity index (χ2n) is 7.17. The second kappa shape index (κ2) is 12.1. The fourth-order valence-electron chi connectivity index (χ4n) is 2.99. The molecule has 1 fully saturated rings. The highest BCUT2D eigenvalue weighted by Gasteiger charge is 2.27. The molecule has 6 nitrogen and oxygen atoms in total. The molecule has 0 spiro atoms. The van der Waals surface area contributed by atoms with Crippen LogP contribution < -0.4 is 15.4 Å². The van der Waals surface area contributed by atoms with E-state index in [0.29, 0.717) is 24.8 Å². The molecule has 8 heteroatoms. The minimum atomic E-state index is -0.320. The number of aliphatic imine (C=N–C) groups is 1. The Morgan fingerprint density at radius 2 is 2.14 bits per heavy atom. The first kappa shape index (κ1) is 24.5. The summed E-state index contributed by atoms with van der Waals surface area (Å²) in [7, 11) is 0. The van der Waals surface area contributed by atoms with Gasteiger partial charge in [0.15, 0.2) is 5.96 Å². The summed E-state index contributed by atoms with van der Waals surface area (Å²) in [5.74, 6) is 1.09. The van der Waals surface area contributed by atoms with E-state index in [4.69, 9.17) is 4.74 Å². The lowest BCUT2D eigenvalue weighted by Gasteiger charge is -2.21. The third kappa shape index (κ3) is 7.81. The molecule has 1 aliphatic heterocycles. The van der Waals surface area contributed by atoms with E-state index in [1.807, 2.05) is 32.6 Å². The predicted molar refractivity (Wildman–Crippen MR) is 121 cm³/mol. The van der Waals surface area contributed by atoms with E-state index in [9.17, 15) is 9.18 Å². The van der Waals surface area contributed by atoms with Crippen LogP contribution in [0.3, 0.4) is 0 Å². The zero-order valence-corrected chi connectivity index (χ0v) is 19.4. The van der Waals surface area contributed by atoms with Gasteiger partial charge in [0, 0.05) is 37.7 Å². The highest BCUT2D eigenvalue weighted by atomic mass is 127. The van der Waals surface area contributed by atoms with Crippen LogP contribution in [0.1, 0.15) is 34.1 Å². The van der Waals surface area contributed by atoms with E-state index in [1.54, 1.807) is 12.1 Å². The summed E-state index contributed by atoms with van der Waals surface area (Å²) >= 11 is 0. The van der Waals surface area contributed by atoms with Crippen LogP contribution in [0.4, 0.5) is 4.39 Å². The number of likely N-dealkylation sites (tertiary alicyclic amines) is 1. The predicted octanol–water partition coefficient (Wildman–Crippen LogP) is 3.02. The summed E-state index contributed by atoms with van der Waals surface area (Å²) in [5, 5.41) is 6.62. The molecule has 0 radical (unpaired) electrons. The number of benzene rings is 1. The SMILES string of the molecule is CCNC(=NCC(C)Oc1cccc(F)c1)NC1CCN(C(=O)C(C)C)C1.I. The van der Waals surface area contributed by atoms with E-state index in [-0.39, 0.29) is 53.8 Å². The maximum Gasteiger partial charge on any atom is 0.225 e. The summed E-state index contributed by atoms with van der Waals surface area (Å²) in [5.41, 5.74) is 0. The van der Waals surface area contributed by atoms with Crippen LogP contribution in [0.15, 0.2) is 29.3 Å². The Kier molecular flexibility index (Phi) is 10.6. The lowest BCUT2D eigenvalue weighted by atomic mass is 10.2. The molecule has 0 bridgehead atoms. The van der Waals surface area contributed by atoms with Crippen molar-refractivity contribution in [1.82, 2.24) is 15.5 Å². The van der Waals surface area contributed by atoms with Crippen molar-refractivity contribution in [2.45, 2.75) is 46.3 Å². The van der Waals surface area contributed by atoms with Gasteiger partial charge < -0.3 is 20.3 Å². The van der Waals surface area contributed by atoms with Gasteiger partial charge in [-0.05, 0) is 32.4 Å². The number of rotatable bonds is 7. The molecular weight excluding hydrogens is 474 g/mol. The van der Waals surface area contributed by atoms with Crippen LogP contribution >= 0.6 is 24.0 Å². The highest BCUT2D eigenvalue weighted by Crippen LogP contribution is 2.14. The smallest absolute Gasteiger partial charge is 0.225 e. The highest BCUT2D eigenvalue weighted by molar-refractivity contribution is 14.0. The van der Waals surface area contributed by atoms with E-state index >= 15 is 0 Å². The second-order valence-corrected chi connectivity index (χ2v) is 7.17. The number of nitrogens with zero attached hydrogens (tertiary/aromatic N) is 2. The van der Waals surface area contributed by atoms with Crippen molar-refractivity contribution < 1.29 is 13.9 Å². The minimum absolute atomic E-state index is 0. The number of amides is 1. The Hall–Kier alpha value is -1.58. The molecule has 2 unspecified atom stereocenters. The normalized spacial score (nSPS) is 17.9. The molecule has 28 heavy (non-hydrogen) atoms. The molecule has 1 heterocycles. The maximum absolute atomic E-state index is 13.2. The molecule has 1 amide bonds. The molecular formula is C20H32FIN4O2. The Morgan fingerprint density at radius 3 is 2.79 bits per heavy atom. The first-order chi connectivity index (χ1) is 12.9. The molecule has 1 aromatic carbocycles. The molecule has 1 aliphatic rings. The van der Waals surface area contributed by atoms with Gasteiger partial charge in [0.1, 0.15) is 17.7 Å². The minimum Gasteiger partial charge on any atom is -0.489 e. The van der Waals surface area contributed by atoms with E-state index in [0.717, 1.165) is 19.5 Å². The van der Waals surface area contributed by atoms with Crippen molar-refractivity contribution in [2.75, 3.05) is 26.2 Å². The van der Waals surface area contributed by atoms with Gasteiger partial charge in [-0.3, -0.25) is 4.79 Å². The monoisotopic (exact) mass is 506 g/mol. The number of nitrogens with one attached hydrogen (secondary N) is 2. The van der Waals surface area contributed by atoms with Gasteiger partial charge >= 0.3 is 0 Å². The molecule has 2 atom stereocenters. The zero-order valence-electron chi connectivity index (χ0n) is 17.1. The average Bonchev–Trinajstić information content (AvgIpc) is 3.07.